The molecule has 158 valence electrons. The van der Waals surface area contributed by atoms with Crippen LogP contribution in [0.15, 0.2) is 29.4 Å². The van der Waals surface area contributed by atoms with Crippen molar-refractivity contribution >= 4 is 23.4 Å². The number of benzene rings is 1. The van der Waals surface area contributed by atoms with Gasteiger partial charge < -0.3 is 9.30 Å². The molecule has 0 aliphatic carbocycles. The van der Waals surface area contributed by atoms with E-state index in [4.69, 9.17) is 16.3 Å². The minimum absolute atomic E-state index is 0.265. The van der Waals surface area contributed by atoms with Crippen molar-refractivity contribution in [2.75, 3.05) is 33.0 Å². The molecule has 3 heterocycles. The Morgan fingerprint density at radius 3 is 2.86 bits per heavy atom. The fraction of sp³-hybridized carbons (Fsp3) is 0.600. The van der Waals surface area contributed by atoms with Gasteiger partial charge in [-0.05, 0) is 43.8 Å². The molecule has 0 spiro atoms. The summed E-state index contributed by atoms with van der Waals surface area (Å²) in [5.41, 5.74) is 7.98. The topological polar surface area (TPSA) is 67.2 Å². The molecule has 9 heteroatoms. The van der Waals surface area contributed by atoms with Gasteiger partial charge in [0.1, 0.15) is 5.82 Å². The third-order valence-electron chi connectivity index (χ3n) is 5.67. The summed E-state index contributed by atoms with van der Waals surface area (Å²) in [4.78, 5) is 2.34. The van der Waals surface area contributed by atoms with Gasteiger partial charge in [-0.15, -0.1) is 10.2 Å². The molecular weight excluding hydrogens is 408 g/mol. The molecule has 1 aromatic carbocycles. The molecule has 3 unspecified atom stereocenters. The van der Waals surface area contributed by atoms with Crippen LogP contribution in [0.5, 0.6) is 0 Å². The summed E-state index contributed by atoms with van der Waals surface area (Å²) < 4.78 is 8.07. The zero-order chi connectivity index (χ0) is 20.2. The molecule has 2 fully saturated rings. The van der Waals surface area contributed by atoms with E-state index in [1.54, 1.807) is 11.8 Å². The van der Waals surface area contributed by atoms with E-state index in [1.165, 1.54) is 5.56 Å². The second-order valence-corrected chi connectivity index (χ2v) is 9.07. The molecule has 0 amide bonds. The quantitative estimate of drug-likeness (QED) is 0.616. The number of thioether (sulfide) groups is 1. The summed E-state index contributed by atoms with van der Waals surface area (Å²) in [5, 5.41) is 10.6. The highest BCUT2D eigenvalue weighted by Crippen LogP contribution is 2.27. The summed E-state index contributed by atoms with van der Waals surface area (Å²) >= 11 is 7.69. The monoisotopic (exact) mass is 436 g/mol. The third-order valence-corrected chi connectivity index (χ3v) is 6.59. The number of hydrogen-bond acceptors (Lipinski definition) is 7. The molecule has 2 N–H and O–H groups in total. The zero-order valence-electron chi connectivity index (χ0n) is 17.0. The molecule has 4 rings (SSSR count). The lowest BCUT2D eigenvalue weighted by molar-refractivity contribution is 0.0933. The van der Waals surface area contributed by atoms with Crippen LogP contribution in [-0.2, 0) is 17.8 Å². The van der Waals surface area contributed by atoms with Crippen molar-refractivity contribution in [2.24, 2.45) is 5.92 Å². The number of nitrogens with one attached hydrogen (secondary N) is 2. The maximum absolute atomic E-state index is 6.05. The standard InChI is InChI=1S/C20H29ClN6OS/c1-26(11-15-10-22-24-19(15)14-5-7-16(21)8-6-14)13-18-23-25-20(29-2)27(18)12-17-4-3-9-28-17/h5-8,15,17,19,22,24H,3-4,9-13H2,1-2H3. The van der Waals surface area contributed by atoms with Crippen LogP contribution in [0, 0.1) is 5.92 Å². The average molecular weight is 437 g/mol. The number of hydrazine groups is 1. The molecule has 0 saturated carbocycles. The molecule has 1 aromatic heterocycles. The number of rotatable bonds is 8. The fourth-order valence-corrected chi connectivity index (χ4v) is 4.85. The van der Waals surface area contributed by atoms with Gasteiger partial charge in [-0.1, -0.05) is 35.5 Å². The van der Waals surface area contributed by atoms with Gasteiger partial charge in [0.15, 0.2) is 5.16 Å². The highest BCUT2D eigenvalue weighted by atomic mass is 35.5. The minimum atomic E-state index is 0.265. The van der Waals surface area contributed by atoms with Gasteiger partial charge in [-0.25, -0.2) is 5.43 Å². The molecular formula is C20H29ClN6OS. The van der Waals surface area contributed by atoms with Gasteiger partial charge in [0.25, 0.3) is 0 Å². The minimum Gasteiger partial charge on any atom is -0.376 e. The molecule has 0 bridgehead atoms. The Kier molecular flexibility index (Phi) is 7.10. The maximum Gasteiger partial charge on any atom is 0.191 e. The Bertz CT molecular complexity index is 795. The second-order valence-electron chi connectivity index (χ2n) is 7.86. The van der Waals surface area contributed by atoms with E-state index in [9.17, 15) is 0 Å². The van der Waals surface area contributed by atoms with E-state index in [1.807, 2.05) is 12.1 Å². The largest absolute Gasteiger partial charge is 0.376 e. The SMILES string of the molecule is CSc1nnc(CN(C)CC2CNNC2c2ccc(Cl)cc2)n1CC1CCCO1. The first-order chi connectivity index (χ1) is 14.1. The Hall–Kier alpha value is -1.16. The molecule has 2 aromatic rings. The Balaban J connectivity index is 1.40. The molecule has 2 aliphatic heterocycles. The van der Waals surface area contributed by atoms with Crippen LogP contribution in [0.2, 0.25) is 5.02 Å². The van der Waals surface area contributed by atoms with Crippen molar-refractivity contribution in [2.45, 2.75) is 43.2 Å². The van der Waals surface area contributed by atoms with E-state index in [0.717, 1.165) is 61.6 Å². The number of ether oxygens (including phenoxy) is 1. The Morgan fingerprint density at radius 2 is 2.14 bits per heavy atom. The molecule has 3 atom stereocenters. The zero-order valence-corrected chi connectivity index (χ0v) is 18.5. The van der Waals surface area contributed by atoms with Gasteiger partial charge >= 0.3 is 0 Å². The summed E-state index contributed by atoms with van der Waals surface area (Å²) in [6.45, 7) is 4.35. The van der Waals surface area contributed by atoms with Gasteiger partial charge in [-0.2, -0.15) is 0 Å². The lowest BCUT2D eigenvalue weighted by Crippen LogP contribution is -2.31. The number of aromatic nitrogens is 3. The van der Waals surface area contributed by atoms with Crippen molar-refractivity contribution < 1.29 is 4.74 Å². The lowest BCUT2D eigenvalue weighted by atomic mass is 9.94. The predicted molar refractivity (Wildman–Crippen MR) is 116 cm³/mol. The van der Waals surface area contributed by atoms with Gasteiger partial charge in [0, 0.05) is 30.6 Å². The number of nitrogens with zero attached hydrogens (tertiary/aromatic N) is 4. The van der Waals surface area contributed by atoms with Crippen LogP contribution in [0.3, 0.4) is 0 Å². The van der Waals surface area contributed by atoms with Crippen molar-refractivity contribution in [3.05, 3.63) is 40.7 Å². The summed E-state index contributed by atoms with van der Waals surface area (Å²) in [7, 11) is 2.15. The van der Waals surface area contributed by atoms with E-state index in [-0.39, 0.29) is 12.1 Å². The molecule has 29 heavy (non-hydrogen) atoms. The number of hydrogen-bond donors (Lipinski definition) is 2. The van der Waals surface area contributed by atoms with Crippen LogP contribution >= 0.6 is 23.4 Å². The summed E-state index contributed by atoms with van der Waals surface area (Å²) in [5.74, 6) is 1.46. The van der Waals surface area contributed by atoms with Gasteiger partial charge in [0.05, 0.1) is 25.2 Å². The van der Waals surface area contributed by atoms with Crippen LogP contribution in [0.1, 0.15) is 30.3 Å². The van der Waals surface area contributed by atoms with E-state index in [2.05, 4.69) is 56.0 Å². The highest BCUT2D eigenvalue weighted by molar-refractivity contribution is 7.98. The first-order valence-corrected chi connectivity index (χ1v) is 11.7. The third kappa shape index (κ3) is 5.13. The van der Waals surface area contributed by atoms with Crippen molar-refractivity contribution in [1.29, 1.82) is 0 Å². The van der Waals surface area contributed by atoms with E-state index in [0.29, 0.717) is 5.92 Å². The normalized spacial score (nSPS) is 24.6. The van der Waals surface area contributed by atoms with Gasteiger partial charge in [0.2, 0.25) is 0 Å². The summed E-state index contributed by atoms with van der Waals surface area (Å²) in [6, 6.07) is 8.37. The first kappa shape index (κ1) is 21.1. The van der Waals surface area contributed by atoms with Crippen molar-refractivity contribution in [3.8, 4) is 0 Å². The van der Waals surface area contributed by atoms with Crippen LogP contribution < -0.4 is 10.9 Å². The van der Waals surface area contributed by atoms with Crippen LogP contribution in [0.25, 0.3) is 0 Å². The van der Waals surface area contributed by atoms with E-state index < -0.39 is 0 Å². The summed E-state index contributed by atoms with van der Waals surface area (Å²) in [6.07, 6.45) is 4.59. The lowest BCUT2D eigenvalue weighted by Gasteiger charge is -2.25. The van der Waals surface area contributed by atoms with E-state index >= 15 is 0 Å². The Labute approximate surface area is 181 Å². The van der Waals surface area contributed by atoms with Crippen LogP contribution in [-0.4, -0.2) is 58.8 Å². The highest BCUT2D eigenvalue weighted by Gasteiger charge is 2.29. The smallest absolute Gasteiger partial charge is 0.191 e. The Morgan fingerprint density at radius 1 is 1.31 bits per heavy atom. The maximum atomic E-state index is 6.05. The molecule has 2 saturated heterocycles. The van der Waals surface area contributed by atoms with Gasteiger partial charge in [-0.3, -0.25) is 10.3 Å². The first-order valence-electron chi connectivity index (χ1n) is 10.1. The molecule has 2 aliphatic rings. The van der Waals surface area contributed by atoms with Crippen molar-refractivity contribution in [3.63, 3.8) is 0 Å². The number of halogens is 1. The molecule has 7 nitrogen and oxygen atoms in total. The van der Waals surface area contributed by atoms with Crippen molar-refractivity contribution in [1.82, 2.24) is 30.5 Å². The predicted octanol–water partition coefficient (Wildman–Crippen LogP) is 2.73. The molecule has 0 radical (unpaired) electrons. The second kappa shape index (κ2) is 9.76. The van der Waals surface area contributed by atoms with Crippen LogP contribution in [0.4, 0.5) is 0 Å². The average Bonchev–Trinajstić information content (AvgIpc) is 3.46. The fourth-order valence-electron chi connectivity index (χ4n) is 4.20.